The summed E-state index contributed by atoms with van der Waals surface area (Å²) in [6.07, 6.45) is 0. The van der Waals surface area contributed by atoms with Gasteiger partial charge in [0.05, 0.1) is 6.61 Å². The van der Waals surface area contributed by atoms with Crippen molar-refractivity contribution >= 4 is 5.69 Å². The topological polar surface area (TPSA) is 24.5 Å². The molecule has 1 aromatic carbocycles. The quantitative estimate of drug-likeness (QED) is 0.750. The third-order valence-corrected chi connectivity index (χ3v) is 3.41. The first-order valence-electron chi connectivity index (χ1n) is 7.62. The fourth-order valence-corrected chi connectivity index (χ4v) is 2.30. The van der Waals surface area contributed by atoms with E-state index < -0.39 is 0 Å². The van der Waals surface area contributed by atoms with E-state index in [-0.39, 0.29) is 0 Å². The highest BCUT2D eigenvalue weighted by Gasteiger charge is 2.10. The molecule has 0 bridgehead atoms. The van der Waals surface area contributed by atoms with Crippen LogP contribution in [0.2, 0.25) is 0 Å². The Morgan fingerprint density at radius 2 is 2.05 bits per heavy atom. The van der Waals surface area contributed by atoms with Gasteiger partial charge in [0, 0.05) is 32.4 Å². The van der Waals surface area contributed by atoms with Gasteiger partial charge in [-0.25, -0.2) is 0 Å². The molecule has 0 saturated carbocycles. The molecule has 1 aromatic rings. The minimum Gasteiger partial charge on any atom is -0.383 e. The normalized spacial score (nSPS) is 11.1. The third-order valence-electron chi connectivity index (χ3n) is 3.41. The van der Waals surface area contributed by atoms with E-state index in [1.807, 2.05) is 0 Å². The molecular formula is C17H30N2O. The van der Waals surface area contributed by atoms with Crippen molar-refractivity contribution in [3.63, 3.8) is 0 Å². The van der Waals surface area contributed by atoms with Crippen molar-refractivity contribution in [2.24, 2.45) is 5.92 Å². The molecule has 1 N–H and O–H groups in total. The van der Waals surface area contributed by atoms with Gasteiger partial charge < -0.3 is 15.0 Å². The molecule has 0 heterocycles. The van der Waals surface area contributed by atoms with Crippen LogP contribution in [0.1, 0.15) is 31.9 Å². The smallest absolute Gasteiger partial charge is 0.0637 e. The van der Waals surface area contributed by atoms with Crippen LogP contribution in [0, 0.1) is 12.8 Å². The highest BCUT2D eigenvalue weighted by molar-refractivity contribution is 5.51. The standard InChI is InChI=1S/C17H30N2O/c1-6-18-12-16-7-8-17(11-15(16)4)19(9-10-20-5)13-14(2)3/h7-8,11,14,18H,6,9-10,12-13H2,1-5H3. The van der Waals surface area contributed by atoms with E-state index in [0.717, 1.165) is 32.8 Å². The molecule has 3 heteroatoms. The van der Waals surface area contributed by atoms with Crippen LogP contribution in [0.3, 0.4) is 0 Å². The predicted molar refractivity (Wildman–Crippen MR) is 87.5 cm³/mol. The van der Waals surface area contributed by atoms with Crippen LogP contribution in [0.15, 0.2) is 18.2 Å². The molecule has 0 unspecified atom stereocenters. The Bertz CT molecular complexity index is 391. The van der Waals surface area contributed by atoms with Crippen molar-refractivity contribution in [2.45, 2.75) is 34.2 Å². The molecule has 0 saturated heterocycles. The van der Waals surface area contributed by atoms with Crippen LogP contribution >= 0.6 is 0 Å². The number of nitrogens with zero attached hydrogens (tertiary/aromatic N) is 1. The molecule has 0 aromatic heterocycles. The maximum atomic E-state index is 5.23. The molecule has 1 rings (SSSR count). The Labute approximate surface area is 124 Å². The molecule has 0 aliphatic heterocycles. The summed E-state index contributed by atoms with van der Waals surface area (Å²) in [6.45, 7) is 13.6. The number of aryl methyl sites for hydroxylation is 1. The molecule has 0 amide bonds. The molecule has 20 heavy (non-hydrogen) atoms. The second-order valence-electron chi connectivity index (χ2n) is 5.72. The van der Waals surface area contributed by atoms with Crippen LogP contribution in [-0.2, 0) is 11.3 Å². The fraction of sp³-hybridized carbons (Fsp3) is 0.647. The second-order valence-corrected chi connectivity index (χ2v) is 5.72. The van der Waals surface area contributed by atoms with Gasteiger partial charge >= 0.3 is 0 Å². The number of rotatable bonds is 9. The lowest BCUT2D eigenvalue weighted by molar-refractivity contribution is 0.204. The van der Waals surface area contributed by atoms with E-state index >= 15 is 0 Å². The van der Waals surface area contributed by atoms with Crippen LogP contribution in [0.25, 0.3) is 0 Å². The lowest BCUT2D eigenvalue weighted by Gasteiger charge is -2.27. The molecule has 0 atom stereocenters. The average molecular weight is 278 g/mol. The molecular weight excluding hydrogens is 248 g/mol. The number of hydrogen-bond donors (Lipinski definition) is 1. The van der Waals surface area contributed by atoms with Gasteiger partial charge in [0.15, 0.2) is 0 Å². The first-order valence-corrected chi connectivity index (χ1v) is 7.62. The number of ether oxygens (including phenoxy) is 1. The van der Waals surface area contributed by atoms with Crippen molar-refractivity contribution in [2.75, 3.05) is 38.3 Å². The molecule has 3 nitrogen and oxygen atoms in total. The zero-order valence-corrected chi connectivity index (χ0v) is 13.7. The molecule has 0 spiro atoms. The number of hydrogen-bond acceptors (Lipinski definition) is 3. The predicted octanol–water partition coefficient (Wildman–Crippen LogP) is 3.21. The summed E-state index contributed by atoms with van der Waals surface area (Å²) >= 11 is 0. The van der Waals surface area contributed by atoms with Crippen LogP contribution < -0.4 is 10.2 Å². The van der Waals surface area contributed by atoms with Crippen molar-refractivity contribution in [1.29, 1.82) is 0 Å². The Morgan fingerprint density at radius 1 is 1.30 bits per heavy atom. The average Bonchev–Trinajstić information content (AvgIpc) is 2.41. The zero-order valence-electron chi connectivity index (χ0n) is 13.7. The van der Waals surface area contributed by atoms with Crippen molar-refractivity contribution < 1.29 is 4.74 Å². The lowest BCUT2D eigenvalue weighted by Crippen LogP contribution is -2.31. The monoisotopic (exact) mass is 278 g/mol. The number of nitrogens with one attached hydrogen (secondary N) is 1. The highest BCUT2D eigenvalue weighted by Crippen LogP contribution is 2.20. The van der Waals surface area contributed by atoms with E-state index in [1.165, 1.54) is 16.8 Å². The summed E-state index contributed by atoms with van der Waals surface area (Å²) in [5.41, 5.74) is 4.04. The number of anilines is 1. The molecule has 0 radical (unpaired) electrons. The first-order chi connectivity index (χ1) is 9.58. The summed E-state index contributed by atoms with van der Waals surface area (Å²) in [6, 6.07) is 6.77. The summed E-state index contributed by atoms with van der Waals surface area (Å²) in [5.74, 6) is 0.647. The van der Waals surface area contributed by atoms with Crippen molar-refractivity contribution in [3.8, 4) is 0 Å². The highest BCUT2D eigenvalue weighted by atomic mass is 16.5. The van der Waals surface area contributed by atoms with Gasteiger partial charge in [-0.15, -0.1) is 0 Å². The summed E-state index contributed by atoms with van der Waals surface area (Å²) in [5, 5.41) is 3.39. The van der Waals surface area contributed by atoms with Crippen molar-refractivity contribution in [3.05, 3.63) is 29.3 Å². The third kappa shape index (κ3) is 5.51. The fourth-order valence-electron chi connectivity index (χ4n) is 2.30. The van der Waals surface area contributed by atoms with Crippen molar-refractivity contribution in [1.82, 2.24) is 5.32 Å². The largest absolute Gasteiger partial charge is 0.383 e. The summed E-state index contributed by atoms with van der Waals surface area (Å²) < 4.78 is 5.23. The summed E-state index contributed by atoms with van der Waals surface area (Å²) in [4.78, 5) is 2.41. The van der Waals surface area contributed by atoms with Gasteiger partial charge in [-0.1, -0.05) is 26.8 Å². The Kier molecular flexibility index (Phi) is 7.63. The molecule has 0 aliphatic carbocycles. The zero-order chi connectivity index (χ0) is 15.0. The van der Waals surface area contributed by atoms with E-state index in [2.05, 4.69) is 56.1 Å². The van der Waals surface area contributed by atoms with Gasteiger partial charge in [-0.05, 0) is 42.6 Å². The van der Waals surface area contributed by atoms with Crippen LogP contribution in [0.5, 0.6) is 0 Å². The van der Waals surface area contributed by atoms with Crippen LogP contribution in [-0.4, -0.2) is 33.4 Å². The summed E-state index contributed by atoms with van der Waals surface area (Å²) in [7, 11) is 1.76. The van der Waals surface area contributed by atoms with E-state index in [9.17, 15) is 0 Å². The second kappa shape index (κ2) is 8.98. The molecule has 0 fully saturated rings. The van der Waals surface area contributed by atoms with E-state index in [1.54, 1.807) is 7.11 Å². The van der Waals surface area contributed by atoms with Gasteiger partial charge in [0.2, 0.25) is 0 Å². The number of benzene rings is 1. The Morgan fingerprint density at radius 3 is 2.60 bits per heavy atom. The van der Waals surface area contributed by atoms with Gasteiger partial charge in [-0.3, -0.25) is 0 Å². The maximum absolute atomic E-state index is 5.23. The van der Waals surface area contributed by atoms with Crippen LogP contribution in [0.4, 0.5) is 5.69 Å². The number of methoxy groups -OCH3 is 1. The van der Waals surface area contributed by atoms with Gasteiger partial charge in [0.25, 0.3) is 0 Å². The first kappa shape index (κ1) is 17.0. The minimum absolute atomic E-state index is 0.647. The van der Waals surface area contributed by atoms with E-state index in [4.69, 9.17) is 4.74 Å². The minimum atomic E-state index is 0.647. The molecule has 114 valence electrons. The SMILES string of the molecule is CCNCc1ccc(N(CCOC)CC(C)C)cc1C. The Hall–Kier alpha value is -1.06. The lowest BCUT2D eigenvalue weighted by atomic mass is 10.1. The Balaban J connectivity index is 2.82. The van der Waals surface area contributed by atoms with E-state index in [0.29, 0.717) is 5.92 Å². The molecule has 0 aliphatic rings. The van der Waals surface area contributed by atoms with Gasteiger partial charge in [-0.2, -0.15) is 0 Å². The maximum Gasteiger partial charge on any atom is 0.0637 e. The van der Waals surface area contributed by atoms with Gasteiger partial charge in [0.1, 0.15) is 0 Å².